The van der Waals surface area contributed by atoms with E-state index >= 15 is 0 Å². The van der Waals surface area contributed by atoms with E-state index in [0.717, 1.165) is 5.56 Å². The number of aliphatic imine (C=N–C) groups is 1. The van der Waals surface area contributed by atoms with Gasteiger partial charge in [0.2, 0.25) is 5.78 Å². The fourth-order valence-corrected chi connectivity index (χ4v) is 1.72. The van der Waals surface area contributed by atoms with Crippen molar-refractivity contribution in [2.45, 2.75) is 13.1 Å². The number of benzene rings is 2. The maximum absolute atomic E-state index is 13.1. The Balaban J connectivity index is 2.45. The molecule has 0 heterocycles. The van der Waals surface area contributed by atoms with Gasteiger partial charge in [0, 0.05) is 5.56 Å². The highest BCUT2D eigenvalue weighted by Crippen LogP contribution is 2.24. The topological polar surface area (TPSA) is 29.4 Å². The zero-order chi connectivity index (χ0) is 15.5. The minimum Gasteiger partial charge on any atom is -0.287 e. The van der Waals surface area contributed by atoms with Crippen molar-refractivity contribution in [3.63, 3.8) is 0 Å². The smallest absolute Gasteiger partial charge is 0.287 e. The standard InChI is InChI=1S/C16H12F3NO/c1-11-7-9-13(10-8-11)20-15(16(17,18)19)14(21)12-5-3-2-4-6-12/h2-10H,1H3. The normalized spacial score (nSPS) is 12.3. The van der Waals surface area contributed by atoms with Crippen LogP contribution in [0.2, 0.25) is 0 Å². The molecular formula is C16H12F3NO. The minimum absolute atomic E-state index is 0.0410. The van der Waals surface area contributed by atoms with Gasteiger partial charge >= 0.3 is 6.18 Å². The Bertz CT molecular complexity index is 658. The van der Waals surface area contributed by atoms with Gasteiger partial charge in [-0.3, -0.25) is 4.79 Å². The first-order valence-corrected chi connectivity index (χ1v) is 6.20. The van der Waals surface area contributed by atoms with E-state index in [0.29, 0.717) is 0 Å². The van der Waals surface area contributed by atoms with Crippen LogP contribution in [0.5, 0.6) is 0 Å². The average molecular weight is 291 g/mol. The molecule has 0 aliphatic heterocycles. The molecular weight excluding hydrogens is 279 g/mol. The molecule has 0 saturated heterocycles. The van der Waals surface area contributed by atoms with Gasteiger partial charge in [0.05, 0.1) is 5.69 Å². The van der Waals surface area contributed by atoms with Crippen molar-refractivity contribution in [2.75, 3.05) is 0 Å². The number of carbonyl (C=O) groups excluding carboxylic acids is 1. The van der Waals surface area contributed by atoms with Gasteiger partial charge in [-0.05, 0) is 19.1 Å². The molecule has 2 aromatic rings. The zero-order valence-corrected chi connectivity index (χ0v) is 11.2. The maximum atomic E-state index is 13.1. The molecule has 108 valence electrons. The Kier molecular flexibility index (Phi) is 4.21. The minimum atomic E-state index is -4.81. The highest BCUT2D eigenvalue weighted by Gasteiger charge is 2.41. The highest BCUT2D eigenvalue weighted by molar-refractivity contribution is 6.48. The second kappa shape index (κ2) is 5.91. The van der Waals surface area contributed by atoms with Crippen molar-refractivity contribution in [1.82, 2.24) is 0 Å². The van der Waals surface area contributed by atoms with Gasteiger partial charge in [-0.1, -0.05) is 48.0 Å². The number of nitrogens with zero attached hydrogens (tertiary/aromatic N) is 1. The lowest BCUT2D eigenvalue weighted by Gasteiger charge is -2.10. The molecule has 5 heteroatoms. The number of hydrogen-bond acceptors (Lipinski definition) is 2. The first-order valence-electron chi connectivity index (χ1n) is 6.20. The van der Waals surface area contributed by atoms with Crippen LogP contribution in [0.3, 0.4) is 0 Å². The lowest BCUT2D eigenvalue weighted by Crippen LogP contribution is -2.31. The van der Waals surface area contributed by atoms with Crippen molar-refractivity contribution in [1.29, 1.82) is 0 Å². The number of alkyl halides is 3. The third-order valence-electron chi connectivity index (χ3n) is 2.79. The third kappa shape index (κ3) is 3.78. The summed E-state index contributed by atoms with van der Waals surface area (Å²) in [5, 5.41) is 0. The quantitative estimate of drug-likeness (QED) is 0.604. The van der Waals surface area contributed by atoms with Gasteiger partial charge in [-0.2, -0.15) is 13.2 Å². The average Bonchev–Trinajstić information content (AvgIpc) is 2.45. The summed E-state index contributed by atoms with van der Waals surface area (Å²) < 4.78 is 39.2. The van der Waals surface area contributed by atoms with E-state index in [1.165, 1.54) is 36.4 Å². The lowest BCUT2D eigenvalue weighted by molar-refractivity contribution is -0.0581. The summed E-state index contributed by atoms with van der Waals surface area (Å²) in [6.45, 7) is 1.81. The SMILES string of the molecule is Cc1ccc(N=C(C(=O)c2ccccc2)C(F)(F)F)cc1. The van der Waals surface area contributed by atoms with Crippen LogP contribution >= 0.6 is 0 Å². The van der Waals surface area contributed by atoms with Crippen molar-refractivity contribution < 1.29 is 18.0 Å². The lowest BCUT2D eigenvalue weighted by atomic mass is 10.1. The van der Waals surface area contributed by atoms with Crippen molar-refractivity contribution in [3.8, 4) is 0 Å². The first-order chi connectivity index (χ1) is 9.88. The van der Waals surface area contributed by atoms with Gasteiger partial charge in [0.15, 0.2) is 5.71 Å². The summed E-state index contributed by atoms with van der Waals surface area (Å²) in [4.78, 5) is 15.5. The predicted octanol–water partition coefficient (Wildman–Crippen LogP) is 4.51. The van der Waals surface area contributed by atoms with E-state index in [9.17, 15) is 18.0 Å². The van der Waals surface area contributed by atoms with E-state index in [1.807, 2.05) is 6.92 Å². The summed E-state index contributed by atoms with van der Waals surface area (Å²) >= 11 is 0. The number of aryl methyl sites for hydroxylation is 1. The van der Waals surface area contributed by atoms with Crippen LogP contribution in [0, 0.1) is 6.92 Å². The van der Waals surface area contributed by atoms with E-state index in [4.69, 9.17) is 0 Å². The predicted molar refractivity (Wildman–Crippen MR) is 75.1 cm³/mol. The van der Waals surface area contributed by atoms with Crippen LogP contribution in [-0.4, -0.2) is 17.7 Å². The molecule has 0 aromatic heterocycles. The number of hydrogen-bond donors (Lipinski definition) is 0. The van der Waals surface area contributed by atoms with E-state index in [2.05, 4.69) is 4.99 Å². The van der Waals surface area contributed by atoms with E-state index in [1.54, 1.807) is 18.2 Å². The van der Waals surface area contributed by atoms with E-state index < -0.39 is 17.7 Å². The molecule has 0 aliphatic carbocycles. The highest BCUT2D eigenvalue weighted by atomic mass is 19.4. The summed E-state index contributed by atoms with van der Waals surface area (Å²) in [5.74, 6) is -1.14. The molecule has 2 rings (SSSR count). The molecule has 0 unspecified atom stereocenters. The molecule has 0 bridgehead atoms. The van der Waals surface area contributed by atoms with Crippen molar-refractivity contribution in [2.24, 2.45) is 4.99 Å². The Morgan fingerprint density at radius 3 is 2.05 bits per heavy atom. The summed E-state index contributed by atoms with van der Waals surface area (Å²) in [6.07, 6.45) is -4.81. The van der Waals surface area contributed by atoms with Gasteiger partial charge in [-0.25, -0.2) is 4.99 Å². The van der Waals surface area contributed by atoms with Gasteiger partial charge in [0.1, 0.15) is 0 Å². The van der Waals surface area contributed by atoms with Gasteiger partial charge in [-0.15, -0.1) is 0 Å². The van der Waals surface area contributed by atoms with Crippen LogP contribution in [-0.2, 0) is 0 Å². The van der Waals surface area contributed by atoms with Crippen molar-refractivity contribution >= 4 is 17.2 Å². The number of ketones is 1. The Morgan fingerprint density at radius 2 is 1.52 bits per heavy atom. The summed E-state index contributed by atoms with van der Waals surface area (Å²) in [7, 11) is 0. The number of carbonyl (C=O) groups is 1. The fraction of sp³-hybridized carbons (Fsp3) is 0.125. The number of rotatable bonds is 3. The van der Waals surface area contributed by atoms with Crippen molar-refractivity contribution in [3.05, 3.63) is 65.7 Å². The van der Waals surface area contributed by atoms with E-state index in [-0.39, 0.29) is 11.3 Å². The van der Waals surface area contributed by atoms with Crippen LogP contribution in [0.1, 0.15) is 15.9 Å². The first kappa shape index (κ1) is 15.0. The molecule has 0 radical (unpaired) electrons. The molecule has 2 aromatic carbocycles. The second-order valence-corrected chi connectivity index (χ2v) is 4.49. The molecule has 21 heavy (non-hydrogen) atoms. The second-order valence-electron chi connectivity index (χ2n) is 4.49. The molecule has 0 amide bonds. The number of Topliss-reactive ketones (excluding diaryl/α,β-unsaturated/α-hetero) is 1. The van der Waals surface area contributed by atoms with Gasteiger partial charge in [0.25, 0.3) is 0 Å². The Morgan fingerprint density at radius 1 is 0.952 bits per heavy atom. The van der Waals surface area contributed by atoms with Crippen LogP contribution in [0.15, 0.2) is 59.6 Å². The monoisotopic (exact) mass is 291 g/mol. The Hall–Kier alpha value is -2.43. The maximum Gasteiger partial charge on any atom is 0.437 e. The fourth-order valence-electron chi connectivity index (χ4n) is 1.72. The molecule has 0 fully saturated rings. The van der Waals surface area contributed by atoms with Crippen LogP contribution in [0.25, 0.3) is 0 Å². The van der Waals surface area contributed by atoms with Crippen LogP contribution in [0.4, 0.5) is 18.9 Å². The number of halogens is 3. The molecule has 0 saturated carbocycles. The van der Waals surface area contributed by atoms with Gasteiger partial charge < -0.3 is 0 Å². The molecule has 0 N–H and O–H groups in total. The van der Waals surface area contributed by atoms with Crippen LogP contribution < -0.4 is 0 Å². The Labute approximate surface area is 120 Å². The molecule has 0 atom stereocenters. The summed E-state index contributed by atoms with van der Waals surface area (Å²) in [6, 6.07) is 13.5. The summed E-state index contributed by atoms with van der Waals surface area (Å²) in [5.41, 5.74) is -0.465. The molecule has 0 spiro atoms. The third-order valence-corrected chi connectivity index (χ3v) is 2.79. The zero-order valence-electron chi connectivity index (χ0n) is 11.2. The molecule has 0 aliphatic rings. The molecule has 2 nitrogen and oxygen atoms in total. The largest absolute Gasteiger partial charge is 0.437 e.